The highest BCUT2D eigenvalue weighted by molar-refractivity contribution is 6.04. The van der Waals surface area contributed by atoms with Crippen LogP contribution in [0.2, 0.25) is 0 Å². The molecule has 1 heterocycles. The molecule has 0 spiro atoms. The van der Waals surface area contributed by atoms with Crippen LogP contribution in [0, 0.1) is 0 Å². The number of hydrogen-bond acceptors (Lipinski definition) is 4. The second kappa shape index (κ2) is 7.61. The van der Waals surface area contributed by atoms with Crippen molar-refractivity contribution in [3.8, 4) is 11.5 Å². The number of likely N-dealkylation sites (tertiary alicyclic amines) is 1. The summed E-state index contributed by atoms with van der Waals surface area (Å²) in [5.41, 5.74) is 2.82. The number of nitrogens with zero attached hydrogens (tertiary/aromatic N) is 1. The van der Waals surface area contributed by atoms with E-state index in [0.29, 0.717) is 31.1 Å². The molecule has 0 aromatic heterocycles. The Labute approximate surface area is 148 Å². The number of aromatic hydroxyl groups is 2. The highest BCUT2D eigenvalue weighted by atomic mass is 16.3. The molecule has 128 valence electrons. The molecule has 0 unspecified atom stereocenters. The van der Waals surface area contributed by atoms with E-state index in [0.717, 1.165) is 18.4 Å². The third-order valence-electron chi connectivity index (χ3n) is 4.73. The topological polar surface area (TPSA) is 72.8 Å². The first kappa shape index (κ1) is 17.4. The molecule has 1 fully saturated rings. The van der Waals surface area contributed by atoms with E-state index in [1.807, 2.05) is 12.1 Å². The molecular formula is C19H21BN2O3. The molecule has 3 rings (SSSR count). The van der Waals surface area contributed by atoms with Gasteiger partial charge in [0.05, 0.1) is 0 Å². The number of phenolic OH excluding ortho intramolecular Hbond substituents is 2. The minimum atomic E-state index is -0.272. The fraction of sp³-hybridized carbons (Fsp3) is 0.316. The molecule has 6 heteroatoms. The molecule has 2 aromatic rings. The lowest BCUT2D eigenvalue weighted by atomic mass is 9.88. The van der Waals surface area contributed by atoms with E-state index in [9.17, 15) is 15.0 Å². The van der Waals surface area contributed by atoms with E-state index >= 15 is 0 Å². The quantitative estimate of drug-likeness (QED) is 0.592. The second-order valence-corrected chi connectivity index (χ2v) is 6.40. The van der Waals surface area contributed by atoms with Crippen molar-refractivity contribution in [3.63, 3.8) is 0 Å². The van der Waals surface area contributed by atoms with Gasteiger partial charge in [0.15, 0.2) is 19.5 Å². The Morgan fingerprint density at radius 1 is 1.12 bits per heavy atom. The summed E-state index contributed by atoms with van der Waals surface area (Å²) in [6.45, 7) is 1.98. The van der Waals surface area contributed by atoms with Crippen molar-refractivity contribution in [2.45, 2.75) is 25.3 Å². The number of phenols is 2. The maximum atomic E-state index is 12.6. The molecule has 1 aliphatic rings. The predicted octanol–water partition coefficient (Wildman–Crippen LogP) is 2.29. The summed E-state index contributed by atoms with van der Waals surface area (Å²) in [6, 6.07) is 12.6. The van der Waals surface area contributed by atoms with Crippen LogP contribution in [0.5, 0.6) is 11.5 Å². The summed E-state index contributed by atoms with van der Waals surface area (Å²) in [4.78, 5) is 14.4. The number of benzene rings is 2. The van der Waals surface area contributed by atoms with Crippen LogP contribution in [0.25, 0.3) is 0 Å². The van der Waals surface area contributed by atoms with Crippen LogP contribution in [0.15, 0.2) is 42.5 Å². The second-order valence-electron chi connectivity index (χ2n) is 6.40. The summed E-state index contributed by atoms with van der Waals surface area (Å²) < 4.78 is 0. The standard InChI is InChI=1S/C19H21BN2O3/c20-21-12-13-2-1-3-15(10-13)14-6-8-22(9-7-14)19(25)16-4-5-17(23)18(24)11-16/h1-5,10-11,14,21,23-24H,6-9,12H2. The normalized spacial score (nSPS) is 15.3. The Hall–Kier alpha value is -2.47. The maximum Gasteiger partial charge on any atom is 0.253 e. The minimum absolute atomic E-state index is 0.116. The van der Waals surface area contributed by atoms with Gasteiger partial charge >= 0.3 is 0 Å². The lowest BCUT2D eigenvalue weighted by Gasteiger charge is -2.32. The van der Waals surface area contributed by atoms with Crippen molar-refractivity contribution in [3.05, 3.63) is 59.2 Å². The smallest absolute Gasteiger partial charge is 0.253 e. The first-order valence-electron chi connectivity index (χ1n) is 8.42. The predicted molar refractivity (Wildman–Crippen MR) is 96.7 cm³/mol. The average molecular weight is 336 g/mol. The Kier molecular flexibility index (Phi) is 5.29. The van der Waals surface area contributed by atoms with Crippen molar-refractivity contribution in [1.82, 2.24) is 10.1 Å². The Balaban J connectivity index is 1.64. The maximum absolute atomic E-state index is 12.6. The number of carbonyl (C=O) groups is 1. The van der Waals surface area contributed by atoms with E-state index in [1.165, 1.54) is 23.8 Å². The fourth-order valence-electron chi connectivity index (χ4n) is 3.33. The van der Waals surface area contributed by atoms with Gasteiger partial charge in [0, 0.05) is 25.2 Å². The van der Waals surface area contributed by atoms with Crippen LogP contribution in [0.4, 0.5) is 0 Å². The lowest BCUT2D eigenvalue weighted by molar-refractivity contribution is 0.0712. The Bertz CT molecular complexity index is 758. The van der Waals surface area contributed by atoms with Crippen LogP contribution < -0.4 is 5.23 Å². The van der Waals surface area contributed by atoms with Gasteiger partial charge in [0.1, 0.15) is 0 Å². The molecular weight excluding hydrogens is 315 g/mol. The monoisotopic (exact) mass is 336 g/mol. The van der Waals surface area contributed by atoms with Gasteiger partial charge in [0.25, 0.3) is 5.91 Å². The van der Waals surface area contributed by atoms with Crippen LogP contribution in [0.1, 0.15) is 40.2 Å². The number of amides is 1. The molecule has 1 saturated heterocycles. The summed E-state index contributed by atoms with van der Waals surface area (Å²) in [5, 5.41) is 21.6. The van der Waals surface area contributed by atoms with E-state index in [4.69, 9.17) is 7.98 Å². The summed E-state index contributed by atoms with van der Waals surface area (Å²) in [6.07, 6.45) is 1.80. The zero-order chi connectivity index (χ0) is 17.8. The summed E-state index contributed by atoms with van der Waals surface area (Å²) in [5.74, 6) is -0.182. The third-order valence-corrected chi connectivity index (χ3v) is 4.73. The van der Waals surface area contributed by atoms with Gasteiger partial charge in [-0.05, 0) is 48.1 Å². The average Bonchev–Trinajstić information content (AvgIpc) is 2.64. The van der Waals surface area contributed by atoms with Crippen molar-refractivity contribution < 1.29 is 15.0 Å². The van der Waals surface area contributed by atoms with Crippen LogP contribution >= 0.6 is 0 Å². The van der Waals surface area contributed by atoms with Gasteiger partial charge in [0.2, 0.25) is 0 Å². The Morgan fingerprint density at radius 3 is 2.56 bits per heavy atom. The SMILES string of the molecule is [B]NCc1cccc(C2CCN(C(=O)c3ccc(O)c(O)c3)CC2)c1. The fourth-order valence-corrected chi connectivity index (χ4v) is 3.33. The molecule has 2 aromatic carbocycles. The van der Waals surface area contributed by atoms with E-state index in [1.54, 1.807) is 4.90 Å². The highest BCUT2D eigenvalue weighted by Gasteiger charge is 2.25. The molecule has 1 aliphatic heterocycles. The van der Waals surface area contributed by atoms with Crippen molar-refractivity contribution in [2.75, 3.05) is 13.1 Å². The number of nitrogens with one attached hydrogen (secondary N) is 1. The van der Waals surface area contributed by atoms with Gasteiger partial charge < -0.3 is 20.3 Å². The molecule has 5 nitrogen and oxygen atoms in total. The first-order chi connectivity index (χ1) is 12.1. The summed E-state index contributed by atoms with van der Waals surface area (Å²) >= 11 is 0. The number of hydrogen-bond donors (Lipinski definition) is 3. The molecule has 0 bridgehead atoms. The van der Waals surface area contributed by atoms with Crippen molar-refractivity contribution in [1.29, 1.82) is 0 Å². The number of rotatable bonds is 4. The Morgan fingerprint density at radius 2 is 1.88 bits per heavy atom. The molecule has 0 atom stereocenters. The molecule has 2 radical (unpaired) electrons. The van der Waals surface area contributed by atoms with Gasteiger partial charge in [-0.3, -0.25) is 4.79 Å². The van der Waals surface area contributed by atoms with Crippen molar-refractivity contribution >= 4 is 13.9 Å². The summed E-state index contributed by atoms with van der Waals surface area (Å²) in [7, 11) is 5.39. The number of piperidine rings is 1. The van der Waals surface area contributed by atoms with E-state index < -0.39 is 0 Å². The van der Waals surface area contributed by atoms with Crippen LogP contribution in [0.3, 0.4) is 0 Å². The first-order valence-corrected chi connectivity index (χ1v) is 8.42. The lowest BCUT2D eigenvalue weighted by Crippen LogP contribution is -2.37. The van der Waals surface area contributed by atoms with Crippen LogP contribution in [-0.4, -0.2) is 42.1 Å². The molecule has 0 saturated carbocycles. The molecule has 1 amide bonds. The zero-order valence-electron chi connectivity index (χ0n) is 14.0. The van der Waals surface area contributed by atoms with Gasteiger partial charge in [-0.1, -0.05) is 24.3 Å². The van der Waals surface area contributed by atoms with Crippen molar-refractivity contribution in [2.24, 2.45) is 0 Å². The van der Waals surface area contributed by atoms with Crippen LogP contribution in [-0.2, 0) is 6.54 Å². The highest BCUT2D eigenvalue weighted by Crippen LogP contribution is 2.30. The van der Waals surface area contributed by atoms with E-state index in [2.05, 4.69) is 17.4 Å². The molecule has 0 aliphatic carbocycles. The molecule has 25 heavy (non-hydrogen) atoms. The minimum Gasteiger partial charge on any atom is -0.504 e. The van der Waals surface area contributed by atoms with Gasteiger partial charge in [-0.2, -0.15) is 0 Å². The van der Waals surface area contributed by atoms with Gasteiger partial charge in [-0.15, -0.1) is 0 Å². The van der Waals surface area contributed by atoms with E-state index in [-0.39, 0.29) is 17.4 Å². The number of carbonyl (C=O) groups excluding carboxylic acids is 1. The molecule has 3 N–H and O–H groups in total. The third kappa shape index (κ3) is 3.96. The van der Waals surface area contributed by atoms with Gasteiger partial charge in [-0.25, -0.2) is 0 Å². The largest absolute Gasteiger partial charge is 0.504 e. The zero-order valence-corrected chi connectivity index (χ0v) is 14.0.